The Kier molecular flexibility index (Phi) is 4.01. The number of rotatable bonds is 5. The maximum absolute atomic E-state index is 13.2. The molecule has 1 aromatic carbocycles. The van der Waals surface area contributed by atoms with Gasteiger partial charge in [-0.05, 0) is 12.1 Å². The summed E-state index contributed by atoms with van der Waals surface area (Å²) in [7, 11) is 1.62. The van der Waals surface area contributed by atoms with Crippen LogP contribution in [0.4, 0.5) is 4.39 Å². The van der Waals surface area contributed by atoms with E-state index in [1.165, 1.54) is 12.1 Å². The summed E-state index contributed by atoms with van der Waals surface area (Å²) in [6.45, 7) is 1.39. The molecule has 2 aromatic rings. The van der Waals surface area contributed by atoms with Gasteiger partial charge < -0.3 is 15.0 Å². The monoisotopic (exact) mass is 250 g/mol. The van der Waals surface area contributed by atoms with Crippen molar-refractivity contribution in [3.63, 3.8) is 0 Å². The molecule has 96 valence electrons. The van der Waals surface area contributed by atoms with E-state index in [-0.39, 0.29) is 12.4 Å². The van der Waals surface area contributed by atoms with Gasteiger partial charge >= 0.3 is 0 Å². The van der Waals surface area contributed by atoms with Crippen molar-refractivity contribution in [1.82, 2.24) is 14.8 Å². The lowest BCUT2D eigenvalue weighted by atomic mass is 10.2. The Morgan fingerprint density at radius 3 is 2.89 bits per heavy atom. The quantitative estimate of drug-likeness (QED) is 0.865. The molecule has 2 rings (SSSR count). The van der Waals surface area contributed by atoms with Crippen LogP contribution in [0.3, 0.4) is 0 Å². The van der Waals surface area contributed by atoms with E-state index in [1.54, 1.807) is 19.2 Å². The molecule has 0 saturated heterocycles. The van der Waals surface area contributed by atoms with Gasteiger partial charge in [0.05, 0.1) is 13.2 Å². The SMILES string of the molecule is COCCn1c(CN)nnc1-c1cccc(F)c1. The van der Waals surface area contributed by atoms with E-state index in [4.69, 9.17) is 10.5 Å². The second-order valence-corrected chi connectivity index (χ2v) is 3.80. The highest BCUT2D eigenvalue weighted by Gasteiger charge is 2.12. The van der Waals surface area contributed by atoms with Gasteiger partial charge in [-0.3, -0.25) is 0 Å². The molecule has 0 spiro atoms. The summed E-state index contributed by atoms with van der Waals surface area (Å²) in [5.41, 5.74) is 6.28. The lowest BCUT2D eigenvalue weighted by Crippen LogP contribution is -2.12. The van der Waals surface area contributed by atoms with E-state index in [1.807, 2.05) is 4.57 Å². The Hall–Kier alpha value is -1.79. The third-order valence-corrected chi connectivity index (χ3v) is 2.61. The summed E-state index contributed by atoms with van der Waals surface area (Å²) in [6.07, 6.45) is 0. The molecule has 0 fully saturated rings. The van der Waals surface area contributed by atoms with Crippen LogP contribution >= 0.6 is 0 Å². The van der Waals surface area contributed by atoms with E-state index < -0.39 is 0 Å². The summed E-state index contributed by atoms with van der Waals surface area (Å²) in [4.78, 5) is 0. The van der Waals surface area contributed by atoms with Crippen LogP contribution in [0.2, 0.25) is 0 Å². The molecule has 0 aliphatic heterocycles. The largest absolute Gasteiger partial charge is 0.383 e. The number of benzene rings is 1. The van der Waals surface area contributed by atoms with Crippen molar-refractivity contribution in [1.29, 1.82) is 0 Å². The van der Waals surface area contributed by atoms with E-state index in [0.717, 1.165) is 0 Å². The molecule has 0 unspecified atom stereocenters. The van der Waals surface area contributed by atoms with Gasteiger partial charge in [-0.2, -0.15) is 0 Å². The Bertz CT molecular complexity index is 527. The minimum atomic E-state index is -0.303. The smallest absolute Gasteiger partial charge is 0.164 e. The first-order chi connectivity index (χ1) is 8.76. The van der Waals surface area contributed by atoms with Crippen LogP contribution in [0.25, 0.3) is 11.4 Å². The Labute approximate surface area is 104 Å². The predicted molar refractivity (Wildman–Crippen MR) is 65.2 cm³/mol. The minimum Gasteiger partial charge on any atom is -0.383 e. The van der Waals surface area contributed by atoms with Crippen LogP contribution in [-0.4, -0.2) is 28.5 Å². The highest BCUT2D eigenvalue weighted by molar-refractivity contribution is 5.55. The van der Waals surface area contributed by atoms with Crippen LogP contribution in [0, 0.1) is 5.82 Å². The zero-order valence-corrected chi connectivity index (χ0v) is 10.1. The molecule has 0 amide bonds. The van der Waals surface area contributed by atoms with Crippen molar-refractivity contribution < 1.29 is 9.13 Å². The topological polar surface area (TPSA) is 66.0 Å². The van der Waals surface area contributed by atoms with Gasteiger partial charge in [0.25, 0.3) is 0 Å². The molecule has 18 heavy (non-hydrogen) atoms. The third kappa shape index (κ3) is 2.55. The van der Waals surface area contributed by atoms with Crippen molar-refractivity contribution in [3.8, 4) is 11.4 Å². The average molecular weight is 250 g/mol. The molecular weight excluding hydrogens is 235 g/mol. The van der Waals surface area contributed by atoms with Gasteiger partial charge in [0.1, 0.15) is 11.6 Å². The zero-order valence-electron chi connectivity index (χ0n) is 10.1. The fourth-order valence-electron chi connectivity index (χ4n) is 1.74. The number of hydrogen-bond acceptors (Lipinski definition) is 4. The van der Waals surface area contributed by atoms with Crippen LogP contribution in [0.1, 0.15) is 5.82 Å². The zero-order chi connectivity index (χ0) is 13.0. The van der Waals surface area contributed by atoms with E-state index >= 15 is 0 Å². The van der Waals surface area contributed by atoms with E-state index in [9.17, 15) is 4.39 Å². The van der Waals surface area contributed by atoms with Crippen LogP contribution < -0.4 is 5.73 Å². The Morgan fingerprint density at radius 2 is 2.22 bits per heavy atom. The molecule has 0 bridgehead atoms. The van der Waals surface area contributed by atoms with E-state index in [2.05, 4.69) is 10.2 Å². The van der Waals surface area contributed by atoms with Gasteiger partial charge in [-0.1, -0.05) is 12.1 Å². The highest BCUT2D eigenvalue weighted by atomic mass is 19.1. The molecule has 6 heteroatoms. The molecule has 0 saturated carbocycles. The Balaban J connectivity index is 2.40. The average Bonchev–Trinajstić information content (AvgIpc) is 2.79. The van der Waals surface area contributed by atoms with Gasteiger partial charge in [-0.25, -0.2) is 4.39 Å². The summed E-state index contributed by atoms with van der Waals surface area (Å²) < 4.78 is 20.1. The van der Waals surface area contributed by atoms with Gasteiger partial charge in [-0.15, -0.1) is 10.2 Å². The number of nitrogens with two attached hydrogens (primary N) is 1. The molecular formula is C12H15FN4O. The maximum atomic E-state index is 13.2. The van der Waals surface area contributed by atoms with Gasteiger partial charge in [0.2, 0.25) is 0 Å². The first-order valence-corrected chi connectivity index (χ1v) is 5.63. The predicted octanol–water partition coefficient (Wildman–Crippen LogP) is 1.19. The molecule has 5 nitrogen and oxygen atoms in total. The van der Waals surface area contributed by atoms with Crippen LogP contribution in [-0.2, 0) is 17.8 Å². The summed E-state index contributed by atoms with van der Waals surface area (Å²) in [5, 5.41) is 8.07. The second kappa shape index (κ2) is 5.70. The molecule has 1 aromatic heterocycles. The van der Waals surface area contributed by atoms with Crippen molar-refractivity contribution >= 4 is 0 Å². The van der Waals surface area contributed by atoms with Crippen LogP contribution in [0.15, 0.2) is 24.3 Å². The third-order valence-electron chi connectivity index (χ3n) is 2.61. The number of halogens is 1. The molecule has 0 atom stereocenters. The van der Waals surface area contributed by atoms with Gasteiger partial charge in [0.15, 0.2) is 5.82 Å². The van der Waals surface area contributed by atoms with E-state index in [0.29, 0.717) is 30.4 Å². The lowest BCUT2D eigenvalue weighted by molar-refractivity contribution is 0.186. The molecule has 0 radical (unpaired) electrons. The summed E-state index contributed by atoms with van der Waals surface area (Å²) in [6, 6.07) is 6.25. The van der Waals surface area contributed by atoms with Gasteiger partial charge in [0, 0.05) is 19.2 Å². The molecule has 1 heterocycles. The first kappa shape index (κ1) is 12.7. The van der Waals surface area contributed by atoms with Crippen molar-refractivity contribution in [3.05, 3.63) is 35.9 Å². The summed E-state index contributed by atoms with van der Waals surface area (Å²) in [5.74, 6) is 0.960. The standard InChI is InChI=1S/C12H15FN4O/c1-18-6-5-17-11(8-14)15-16-12(17)9-3-2-4-10(13)7-9/h2-4,7H,5-6,8,14H2,1H3. The van der Waals surface area contributed by atoms with Crippen molar-refractivity contribution in [2.75, 3.05) is 13.7 Å². The number of methoxy groups -OCH3 is 1. The molecule has 0 aliphatic rings. The Morgan fingerprint density at radius 1 is 1.39 bits per heavy atom. The molecule has 2 N–H and O–H groups in total. The fourth-order valence-corrected chi connectivity index (χ4v) is 1.74. The summed E-state index contributed by atoms with van der Waals surface area (Å²) >= 11 is 0. The number of ether oxygens (including phenoxy) is 1. The highest BCUT2D eigenvalue weighted by Crippen LogP contribution is 2.19. The normalized spacial score (nSPS) is 10.8. The maximum Gasteiger partial charge on any atom is 0.164 e. The second-order valence-electron chi connectivity index (χ2n) is 3.80. The molecule has 0 aliphatic carbocycles. The first-order valence-electron chi connectivity index (χ1n) is 5.63. The minimum absolute atomic E-state index is 0.284. The number of nitrogens with zero attached hydrogens (tertiary/aromatic N) is 3. The van der Waals surface area contributed by atoms with Crippen molar-refractivity contribution in [2.24, 2.45) is 5.73 Å². The van der Waals surface area contributed by atoms with Crippen LogP contribution in [0.5, 0.6) is 0 Å². The van der Waals surface area contributed by atoms with Crippen molar-refractivity contribution in [2.45, 2.75) is 13.1 Å². The lowest BCUT2D eigenvalue weighted by Gasteiger charge is -2.08. The number of hydrogen-bond donors (Lipinski definition) is 1. The fraction of sp³-hybridized carbons (Fsp3) is 0.333. The number of aromatic nitrogens is 3.